The highest BCUT2D eigenvalue weighted by Gasteiger charge is 2.37. The number of aliphatic hydroxyl groups excluding tert-OH is 4. The van der Waals surface area contributed by atoms with Crippen LogP contribution in [0.25, 0.3) is 0 Å². The van der Waals surface area contributed by atoms with E-state index in [2.05, 4.69) is 48.3 Å². The number of primary amides is 2. The molecule has 27 heteroatoms. The number of hydrogen-bond donors (Lipinski definition) is 16. The summed E-state index contributed by atoms with van der Waals surface area (Å²) in [5, 5.41) is 60.1. The van der Waals surface area contributed by atoms with E-state index < -0.39 is 152 Å². The van der Waals surface area contributed by atoms with Gasteiger partial charge >= 0.3 is 5.97 Å². The number of nitrogens with two attached hydrogens (primary N) is 2. The molecular formula is C33H55N11O16. The van der Waals surface area contributed by atoms with Crippen LogP contribution >= 0.6 is 0 Å². The quantitative estimate of drug-likeness (QED) is 0.0307. The molecule has 1 fully saturated rings. The van der Waals surface area contributed by atoms with E-state index in [1.807, 2.05) is 0 Å². The van der Waals surface area contributed by atoms with Crippen molar-refractivity contribution in [3.63, 3.8) is 0 Å². The van der Waals surface area contributed by atoms with Gasteiger partial charge in [0.1, 0.15) is 36.5 Å². The molecule has 9 atom stereocenters. The van der Waals surface area contributed by atoms with Crippen molar-refractivity contribution in [2.45, 2.75) is 113 Å². The molecule has 0 aromatic carbocycles. The van der Waals surface area contributed by atoms with Crippen LogP contribution in [0.2, 0.25) is 0 Å². The molecule has 1 heterocycles. The molecule has 0 saturated carbocycles. The molecule has 1 saturated heterocycles. The fourth-order valence-corrected chi connectivity index (χ4v) is 5.29. The molecule has 0 aliphatic carbocycles. The van der Waals surface area contributed by atoms with E-state index in [1.54, 1.807) is 0 Å². The van der Waals surface area contributed by atoms with Crippen molar-refractivity contribution in [2.75, 3.05) is 26.4 Å². The second-order valence-electron chi connectivity index (χ2n) is 13.6. The van der Waals surface area contributed by atoms with Crippen molar-refractivity contribution in [1.29, 1.82) is 0 Å². The fourth-order valence-electron chi connectivity index (χ4n) is 5.29. The van der Waals surface area contributed by atoms with E-state index in [4.69, 9.17) is 11.5 Å². The molecular weight excluding hydrogens is 806 g/mol. The first-order valence-electron chi connectivity index (χ1n) is 18.6. The van der Waals surface area contributed by atoms with Crippen LogP contribution in [0, 0.1) is 0 Å². The van der Waals surface area contributed by atoms with Crippen LogP contribution in [-0.2, 0) is 52.7 Å². The predicted molar refractivity (Wildman–Crippen MR) is 200 cm³/mol. The Kier molecular flexibility index (Phi) is 23.8. The Balaban J connectivity index is 3.47. The van der Waals surface area contributed by atoms with Crippen LogP contribution in [0.5, 0.6) is 0 Å². The SMILES string of the molecule is C[C@@H](O)[C@H](NNC1CCCCNC(=O)CCC(C(N)=O)NC(=O)[C@H](CO)NC(=O)[C@H](CCC(=O)O)NC(=O)[C@H](CO)NC1=O)C(=O)C(=O)[C@H](CC(N)=O)NN[C@H](C=O)CO. The van der Waals surface area contributed by atoms with Gasteiger partial charge in [0.2, 0.25) is 52.9 Å². The summed E-state index contributed by atoms with van der Waals surface area (Å²) < 4.78 is 0. The number of hydrogen-bond acceptors (Lipinski definition) is 19. The van der Waals surface area contributed by atoms with Crippen LogP contribution in [-0.4, -0.2) is 172 Å². The molecule has 27 nitrogen and oxygen atoms in total. The average molecular weight is 862 g/mol. The van der Waals surface area contributed by atoms with Crippen LogP contribution in [0.3, 0.4) is 0 Å². The molecule has 1 rings (SSSR count). The Bertz CT molecular complexity index is 1550. The molecule has 1 aliphatic heterocycles. The third-order valence-electron chi connectivity index (χ3n) is 8.74. The topological polar surface area (TPSA) is 449 Å². The number of carboxylic acid groups (broad SMARTS) is 1. The minimum absolute atomic E-state index is 0.0129. The monoisotopic (exact) mass is 861 g/mol. The number of hydrazine groups is 2. The Morgan fingerprint density at radius 2 is 1.38 bits per heavy atom. The smallest absolute Gasteiger partial charge is 0.303 e. The molecule has 1 aliphatic rings. The number of Topliss-reactive ketones (excluding diaryl/α,β-unsaturated/α-hetero) is 2. The summed E-state index contributed by atoms with van der Waals surface area (Å²) in [7, 11) is 0. The molecule has 338 valence electrons. The van der Waals surface area contributed by atoms with E-state index >= 15 is 0 Å². The first kappa shape index (κ1) is 52.5. The predicted octanol–water partition coefficient (Wildman–Crippen LogP) is -9.41. The second kappa shape index (κ2) is 27.3. The van der Waals surface area contributed by atoms with Gasteiger partial charge in [-0.25, -0.2) is 21.7 Å². The standard InChI is InChI=1S/C33H55N11O16/c1-15(49)26(28(55)27(54)20(10-23(34)50)43-41-16(11-45)12-46)44-42-19-4-2-3-9-36-24(51)7-5-17(29(35)56)37-32(59)21(13-47)39-30(57)18(6-8-25(52)53)38-33(60)22(14-48)40-31(19)58/h11,15-22,26,41-44,46-49H,2-10,12-14H2,1H3,(H2,34,50)(H2,35,56)(H,36,51)(H,37,59)(H,38,60)(H,39,57)(H,40,58)(H,52,53)/t15-,16-,17?,18+,19?,20+,21+,22+,26+/m1/s1. The maximum Gasteiger partial charge on any atom is 0.303 e. The highest BCUT2D eigenvalue weighted by molar-refractivity contribution is 6.41. The van der Waals surface area contributed by atoms with Crippen molar-refractivity contribution in [3.8, 4) is 0 Å². The van der Waals surface area contributed by atoms with Gasteiger partial charge in [-0.3, -0.25) is 47.9 Å². The van der Waals surface area contributed by atoms with Gasteiger partial charge < -0.3 is 68.4 Å². The van der Waals surface area contributed by atoms with Crippen molar-refractivity contribution >= 4 is 65.2 Å². The van der Waals surface area contributed by atoms with Gasteiger partial charge in [0.05, 0.1) is 50.5 Å². The lowest BCUT2D eigenvalue weighted by Crippen LogP contribution is -2.63. The highest BCUT2D eigenvalue weighted by atomic mass is 16.4. The lowest BCUT2D eigenvalue weighted by atomic mass is 9.98. The minimum atomic E-state index is -1.83. The summed E-state index contributed by atoms with van der Waals surface area (Å²) in [6, 6.07) is -13.0. The number of aldehydes is 1. The largest absolute Gasteiger partial charge is 0.481 e. The third kappa shape index (κ3) is 18.6. The highest BCUT2D eigenvalue weighted by Crippen LogP contribution is 2.07. The summed E-state index contributed by atoms with van der Waals surface area (Å²) in [6.07, 6.45) is -3.96. The Labute approximate surface area is 342 Å². The summed E-state index contributed by atoms with van der Waals surface area (Å²) in [5.74, 6) is -11.4. The molecule has 2 unspecified atom stereocenters. The number of aliphatic hydroxyl groups is 4. The molecule has 0 aromatic heterocycles. The van der Waals surface area contributed by atoms with Gasteiger partial charge in [-0.15, -0.1) is 0 Å². The van der Waals surface area contributed by atoms with E-state index in [0.29, 0.717) is 0 Å². The lowest BCUT2D eigenvalue weighted by molar-refractivity contribution is -0.141. The molecule has 0 aromatic rings. The van der Waals surface area contributed by atoms with Crippen LogP contribution in [0.4, 0.5) is 0 Å². The van der Waals surface area contributed by atoms with Crippen molar-refractivity contribution < 1.29 is 78.3 Å². The molecule has 0 spiro atoms. The number of rotatable bonds is 20. The van der Waals surface area contributed by atoms with Gasteiger partial charge in [0, 0.05) is 19.4 Å². The zero-order valence-corrected chi connectivity index (χ0v) is 32.6. The Morgan fingerprint density at radius 1 is 0.800 bits per heavy atom. The summed E-state index contributed by atoms with van der Waals surface area (Å²) >= 11 is 0. The van der Waals surface area contributed by atoms with Gasteiger partial charge in [-0.1, -0.05) is 0 Å². The zero-order valence-electron chi connectivity index (χ0n) is 32.6. The van der Waals surface area contributed by atoms with E-state index in [9.17, 15) is 78.3 Å². The second-order valence-corrected chi connectivity index (χ2v) is 13.6. The number of amides is 7. The number of ketones is 2. The molecule has 18 N–H and O–H groups in total. The average Bonchev–Trinajstić information content (AvgIpc) is 3.19. The number of carbonyl (C=O) groups is 11. The first-order valence-corrected chi connectivity index (χ1v) is 18.6. The number of carbonyl (C=O) groups excluding carboxylic acids is 10. The Hall–Kier alpha value is -5.55. The normalized spacial score (nSPS) is 23.7. The van der Waals surface area contributed by atoms with Gasteiger partial charge in [0.15, 0.2) is 0 Å². The van der Waals surface area contributed by atoms with Crippen LogP contribution < -0.4 is 59.8 Å². The van der Waals surface area contributed by atoms with Crippen molar-refractivity contribution in [1.82, 2.24) is 48.3 Å². The van der Waals surface area contributed by atoms with Crippen LogP contribution in [0.15, 0.2) is 0 Å². The molecule has 0 bridgehead atoms. The molecule has 7 amide bonds. The molecule has 0 radical (unpaired) electrons. The summed E-state index contributed by atoms with van der Waals surface area (Å²) in [4.78, 5) is 138. The minimum Gasteiger partial charge on any atom is -0.481 e. The van der Waals surface area contributed by atoms with E-state index in [0.717, 1.165) is 6.92 Å². The summed E-state index contributed by atoms with van der Waals surface area (Å²) in [5.41, 5.74) is 20.0. The number of aliphatic carboxylic acids is 1. The molecule has 60 heavy (non-hydrogen) atoms. The zero-order chi connectivity index (χ0) is 45.5. The van der Waals surface area contributed by atoms with Gasteiger partial charge in [0.25, 0.3) is 0 Å². The number of carboxylic acids is 1. The van der Waals surface area contributed by atoms with Crippen LogP contribution in [0.1, 0.15) is 58.3 Å². The maximum absolute atomic E-state index is 13.6. The van der Waals surface area contributed by atoms with Crippen molar-refractivity contribution in [2.24, 2.45) is 11.5 Å². The number of nitrogens with one attached hydrogen (secondary N) is 9. The lowest BCUT2D eigenvalue weighted by Gasteiger charge is -2.28. The van der Waals surface area contributed by atoms with Gasteiger partial charge in [-0.05, 0) is 39.0 Å². The first-order chi connectivity index (χ1) is 28.3. The maximum atomic E-state index is 13.6. The fraction of sp³-hybridized carbons (Fsp3) is 0.667. The van der Waals surface area contributed by atoms with E-state index in [-0.39, 0.29) is 44.9 Å². The Morgan fingerprint density at radius 3 is 1.92 bits per heavy atom. The van der Waals surface area contributed by atoms with E-state index in [1.165, 1.54) is 0 Å². The summed E-state index contributed by atoms with van der Waals surface area (Å²) in [6.45, 7) is -1.78. The van der Waals surface area contributed by atoms with Crippen molar-refractivity contribution in [3.05, 3.63) is 0 Å². The van der Waals surface area contributed by atoms with Gasteiger partial charge in [-0.2, -0.15) is 0 Å². The third-order valence-corrected chi connectivity index (χ3v) is 8.74.